The lowest BCUT2D eigenvalue weighted by atomic mass is 9.52. The van der Waals surface area contributed by atoms with Crippen molar-refractivity contribution >= 4 is 23.6 Å². The summed E-state index contributed by atoms with van der Waals surface area (Å²) >= 11 is 0. The predicted octanol–water partition coefficient (Wildman–Crippen LogP) is 17.7. The van der Waals surface area contributed by atoms with E-state index in [2.05, 4.69) is 110 Å². The van der Waals surface area contributed by atoms with E-state index in [1.54, 1.807) is 33.4 Å². The molecule has 3 spiro atoms. The summed E-state index contributed by atoms with van der Waals surface area (Å²) in [5.74, 6) is 12.7. The molecule has 1 aromatic carbocycles. The molecule has 10 aliphatic carbocycles. The van der Waals surface area contributed by atoms with Crippen molar-refractivity contribution < 1.29 is 38.5 Å². The maximum Gasteiger partial charge on any atom is 0.410 e. The van der Waals surface area contributed by atoms with E-state index in [1.807, 2.05) is 35.2 Å². The number of rotatable bonds is 2. The Labute approximate surface area is 637 Å². The number of likely N-dealkylation sites (tertiary alicyclic amines) is 1. The van der Waals surface area contributed by atoms with Crippen molar-refractivity contribution in [3.05, 3.63) is 69.3 Å². The molecule has 0 bridgehead atoms. The van der Waals surface area contributed by atoms with Crippen LogP contribution in [0.3, 0.4) is 0 Å². The summed E-state index contributed by atoms with van der Waals surface area (Å²) in [4.78, 5) is 40.0. The molecule has 18 aliphatic rings. The third-order valence-corrected chi connectivity index (χ3v) is 36.1. The number of hydrogen-bond acceptors (Lipinski definition) is 11. The van der Waals surface area contributed by atoms with Crippen LogP contribution in [0.2, 0.25) is 0 Å². The highest BCUT2D eigenvalue weighted by atomic mass is 16.6. The van der Waals surface area contributed by atoms with Crippen molar-refractivity contribution in [1.82, 2.24) is 26.2 Å². The minimum absolute atomic E-state index is 0.0447. The van der Waals surface area contributed by atoms with E-state index < -0.39 is 0 Å². The molecular formula is C92H138N6O8. The number of fused-ring (bicyclic) bond motifs is 18. The van der Waals surface area contributed by atoms with Crippen LogP contribution in [-0.4, -0.2) is 120 Å². The number of carbonyl (C=O) groups is 3. The van der Waals surface area contributed by atoms with Crippen molar-refractivity contribution in [1.29, 1.82) is 0 Å². The summed E-state index contributed by atoms with van der Waals surface area (Å²) in [5, 5.41) is 27.2. The highest BCUT2D eigenvalue weighted by molar-refractivity contribution is 5.85. The third kappa shape index (κ3) is 12.7. The lowest BCUT2D eigenvalue weighted by Crippen LogP contribution is -2.54. The standard InChI is InChI=1S/C36H50N2O4.2C28H44N2O2/c1-22-16-32-33(38(20-22)34(39)41-21-25-8-6-5-7-9-25)24(3)36(42-32)15-13-28-29-11-10-26-17-27(37-40)12-14-35(26,4)31(29)18-30(28)23(2)19-36;1-16-11-24-26(30-14-16)18(3)28(32-24)10-7-20-21-6-5-19-15-29-25(31)8-9-27(19,4)23(21)12-22(20)17(2)13-28;1-16-11-24-26(30-15-16)18(3)28(32-24)8-7-20-21-6-5-19-12-25(31)29-10-9-27(19,4)23(21)13-22(20)17(2)14-28/h5-9,22,24,26,28-29,31-33,40H,10-21H2,1-4H3;2*16,18-21,23-24,26,30H,5-15H2,1-4H3,(H,29,31)/t22-,24+,26+,28-,29-,31-,32+,33-,35-,36-;2*16-,18+,19+,20-,21-,23-,24+,26-,27-,28-/m000/s1. The minimum atomic E-state index is -0.202. The summed E-state index contributed by atoms with van der Waals surface area (Å²) in [5.41, 5.74) is 13.2. The molecule has 0 unspecified atom stereocenters. The van der Waals surface area contributed by atoms with Crippen molar-refractivity contribution in [2.45, 2.75) is 323 Å². The van der Waals surface area contributed by atoms with Gasteiger partial charge in [0.05, 0.1) is 46.9 Å². The Kier molecular flexibility index (Phi) is 20.1. The van der Waals surface area contributed by atoms with Gasteiger partial charge in [0, 0.05) is 62.3 Å². The van der Waals surface area contributed by atoms with Gasteiger partial charge < -0.3 is 50.3 Å². The van der Waals surface area contributed by atoms with Gasteiger partial charge in [-0.05, 0) is 311 Å². The topological polar surface area (TPSA) is 172 Å². The Balaban J connectivity index is 0.000000119. The number of piperidine rings is 3. The van der Waals surface area contributed by atoms with Gasteiger partial charge in [0.1, 0.15) is 6.61 Å². The molecule has 0 radical (unpaired) electrons. The van der Waals surface area contributed by atoms with Gasteiger partial charge in [-0.15, -0.1) is 0 Å². The second kappa shape index (κ2) is 28.5. The maximum absolute atomic E-state index is 13.5. The second-order valence-corrected chi connectivity index (χ2v) is 41.2. The van der Waals surface area contributed by atoms with Gasteiger partial charge >= 0.3 is 6.09 Å². The average Bonchev–Trinajstić information content (AvgIpc) is 1.58. The number of ether oxygens (including phenoxy) is 4. The smallest absolute Gasteiger partial charge is 0.410 e. The van der Waals surface area contributed by atoms with Gasteiger partial charge in [0.25, 0.3) is 0 Å². The molecule has 14 nitrogen and oxygen atoms in total. The van der Waals surface area contributed by atoms with Crippen LogP contribution in [0.1, 0.15) is 268 Å². The van der Waals surface area contributed by atoms with E-state index in [0.29, 0.717) is 94.5 Å². The molecule has 584 valence electrons. The Bertz CT molecular complexity index is 3540. The average molecular weight is 1460 g/mol. The number of hydrogen-bond donors (Lipinski definition) is 5. The number of amides is 3. The van der Waals surface area contributed by atoms with E-state index in [4.69, 9.17) is 18.9 Å². The Morgan fingerprint density at radius 1 is 0.528 bits per heavy atom. The molecule has 3 amide bonds. The molecule has 30 atom stereocenters. The molecule has 8 heterocycles. The van der Waals surface area contributed by atoms with Crippen molar-refractivity contribution in [3.63, 3.8) is 0 Å². The van der Waals surface area contributed by atoms with E-state index in [9.17, 15) is 19.6 Å². The molecule has 8 aliphatic heterocycles. The monoisotopic (exact) mass is 1460 g/mol. The van der Waals surface area contributed by atoms with Crippen LogP contribution in [0.4, 0.5) is 4.79 Å². The number of nitrogens with one attached hydrogen (secondary N) is 4. The van der Waals surface area contributed by atoms with Crippen LogP contribution in [0.15, 0.2) is 68.9 Å². The first-order valence-corrected chi connectivity index (χ1v) is 44.1. The van der Waals surface area contributed by atoms with Gasteiger partial charge in [-0.3, -0.25) is 9.59 Å². The normalized spacial score (nSPS) is 49.4. The van der Waals surface area contributed by atoms with Crippen LogP contribution in [-0.2, 0) is 35.1 Å². The summed E-state index contributed by atoms with van der Waals surface area (Å²) in [6.45, 7) is 34.3. The zero-order valence-corrected chi connectivity index (χ0v) is 67.5. The van der Waals surface area contributed by atoms with Gasteiger partial charge in [0.15, 0.2) is 0 Å². The van der Waals surface area contributed by atoms with E-state index in [1.165, 1.54) is 116 Å². The fourth-order valence-corrected chi connectivity index (χ4v) is 30.1. The zero-order valence-electron chi connectivity index (χ0n) is 67.5. The third-order valence-electron chi connectivity index (χ3n) is 36.1. The molecule has 0 aromatic heterocycles. The molecule has 7 saturated carbocycles. The van der Waals surface area contributed by atoms with E-state index in [-0.39, 0.29) is 46.9 Å². The zero-order chi connectivity index (χ0) is 73.7. The fraction of sp³-hybridized carbons (Fsp3) is 0.826. The first kappa shape index (κ1) is 74.7. The molecule has 15 fully saturated rings. The molecule has 8 saturated heterocycles. The van der Waals surface area contributed by atoms with Crippen LogP contribution < -0.4 is 21.3 Å². The summed E-state index contributed by atoms with van der Waals surface area (Å²) in [7, 11) is 0. The van der Waals surface area contributed by atoms with Crippen molar-refractivity contribution in [2.75, 3.05) is 32.7 Å². The maximum atomic E-state index is 13.5. The highest BCUT2D eigenvalue weighted by Gasteiger charge is 2.65. The van der Waals surface area contributed by atoms with Crippen LogP contribution in [0, 0.1) is 123 Å². The van der Waals surface area contributed by atoms with Crippen LogP contribution >= 0.6 is 0 Å². The van der Waals surface area contributed by atoms with Crippen LogP contribution in [0.25, 0.3) is 0 Å². The van der Waals surface area contributed by atoms with Gasteiger partial charge in [0.2, 0.25) is 11.8 Å². The Morgan fingerprint density at radius 2 is 1.00 bits per heavy atom. The Hall–Kier alpha value is -4.08. The predicted molar refractivity (Wildman–Crippen MR) is 417 cm³/mol. The first-order valence-electron chi connectivity index (χ1n) is 44.1. The molecule has 19 rings (SSSR count). The SMILES string of the molecule is CC1=C2C[C@H]3[C@@H](CC[C@@H]4CC(=NO)CC[C@@]43C)[C@@H]2CC[C@@]2(C1)O[C@@H]1C[C@H](C)CN(C(=O)OCc3ccccc3)[C@H]1[C@H]2C.CC1=C2C[C@H]3[C@@H](CC[C@@H]4CC(=O)NCC[C@@]43C)[C@@H]2CC[C@@]2(C1)O[C@@H]1C[C@H](C)CN[C@H]1[C@H]2C.CC1=C2C[C@H]3[C@@H](CC[C@@H]4CNC(=O)CC[C@@]43C)[C@@H]2CC[C@@]2(C1)O[C@@H]1C[C@H](C)CN[C@H]1[C@H]2C. The van der Waals surface area contributed by atoms with Gasteiger partial charge in [-0.2, -0.15) is 0 Å². The lowest BCUT2D eigenvalue weighted by molar-refractivity contribution is -0.123. The number of oxime groups is 1. The number of allylic oxidation sites excluding steroid dienone is 3. The first-order chi connectivity index (χ1) is 50.8. The summed E-state index contributed by atoms with van der Waals surface area (Å²) in [6.07, 6.45) is 33.2. The van der Waals surface area contributed by atoms with Crippen molar-refractivity contribution in [2.24, 2.45) is 128 Å². The van der Waals surface area contributed by atoms with Crippen LogP contribution in [0.5, 0.6) is 0 Å². The minimum Gasteiger partial charge on any atom is -0.445 e. The molecular weight excluding hydrogens is 1320 g/mol. The summed E-state index contributed by atoms with van der Waals surface area (Å²) in [6, 6.07) is 11.1. The molecule has 1 aromatic rings. The number of carbonyl (C=O) groups excluding carboxylic acids is 3. The Morgan fingerprint density at radius 3 is 1.54 bits per heavy atom. The van der Waals surface area contributed by atoms with Crippen molar-refractivity contribution in [3.8, 4) is 0 Å². The fourth-order valence-electron chi connectivity index (χ4n) is 30.1. The summed E-state index contributed by atoms with van der Waals surface area (Å²) < 4.78 is 27.1. The van der Waals surface area contributed by atoms with Gasteiger partial charge in [-0.25, -0.2) is 4.79 Å². The second-order valence-electron chi connectivity index (χ2n) is 41.2. The lowest BCUT2D eigenvalue weighted by Gasteiger charge is -2.52. The molecule has 14 heteroatoms. The van der Waals surface area contributed by atoms with E-state index >= 15 is 0 Å². The molecule has 5 N–H and O–H groups in total. The van der Waals surface area contributed by atoms with Gasteiger partial charge in [-0.1, -0.05) is 131 Å². The van der Waals surface area contributed by atoms with E-state index in [0.717, 1.165) is 167 Å². The molecule has 106 heavy (non-hydrogen) atoms. The highest BCUT2D eigenvalue weighted by Crippen LogP contribution is 2.69. The largest absolute Gasteiger partial charge is 0.445 e. The number of nitrogens with zero attached hydrogens (tertiary/aromatic N) is 2. The number of benzene rings is 1. The quantitative estimate of drug-likeness (QED) is 0.109.